The van der Waals surface area contributed by atoms with Crippen molar-refractivity contribution in [3.63, 3.8) is 0 Å². The first kappa shape index (κ1) is 12.4. The highest BCUT2D eigenvalue weighted by Crippen LogP contribution is 2.21. The van der Waals surface area contributed by atoms with Crippen LogP contribution in [-0.2, 0) is 6.54 Å². The van der Waals surface area contributed by atoms with Crippen LogP contribution in [0.1, 0.15) is 16.7 Å². The summed E-state index contributed by atoms with van der Waals surface area (Å²) in [6, 6.07) is 10.1. The Balaban J connectivity index is 2.13. The summed E-state index contributed by atoms with van der Waals surface area (Å²) in [6.07, 6.45) is 0. The van der Waals surface area contributed by atoms with E-state index in [9.17, 15) is 9.50 Å². The molecule has 0 fully saturated rings. The van der Waals surface area contributed by atoms with Gasteiger partial charge in [-0.3, -0.25) is 0 Å². The third-order valence-electron chi connectivity index (χ3n) is 2.89. The number of rotatable bonds is 3. The molecule has 0 unspecified atom stereocenters. The molecule has 2 aromatic rings. The number of benzene rings is 2. The first-order valence-electron chi connectivity index (χ1n) is 5.85. The Kier molecular flexibility index (Phi) is 3.51. The molecule has 0 atom stereocenters. The molecule has 0 saturated carbocycles. The van der Waals surface area contributed by atoms with Gasteiger partial charge in [0.2, 0.25) is 0 Å². The Bertz CT molecular complexity index is 566. The van der Waals surface area contributed by atoms with Crippen molar-refractivity contribution in [3.05, 3.63) is 58.9 Å². The normalized spacial score (nSPS) is 10.4. The van der Waals surface area contributed by atoms with E-state index < -0.39 is 0 Å². The maximum Gasteiger partial charge on any atom is 0.123 e. The lowest BCUT2D eigenvalue weighted by atomic mass is 10.1. The van der Waals surface area contributed by atoms with E-state index in [4.69, 9.17) is 0 Å². The molecule has 2 rings (SSSR count). The molecule has 0 amide bonds. The topological polar surface area (TPSA) is 32.3 Å². The number of aromatic hydroxyl groups is 1. The first-order chi connectivity index (χ1) is 8.56. The van der Waals surface area contributed by atoms with Crippen LogP contribution in [0.2, 0.25) is 0 Å². The zero-order chi connectivity index (χ0) is 13.1. The van der Waals surface area contributed by atoms with Crippen molar-refractivity contribution in [2.75, 3.05) is 5.32 Å². The molecule has 2 aromatic carbocycles. The lowest BCUT2D eigenvalue weighted by Crippen LogP contribution is -2.01. The Labute approximate surface area is 106 Å². The molecule has 2 nitrogen and oxygen atoms in total. The van der Waals surface area contributed by atoms with E-state index in [0.717, 1.165) is 22.4 Å². The van der Waals surface area contributed by atoms with Gasteiger partial charge in [-0.1, -0.05) is 17.7 Å². The highest BCUT2D eigenvalue weighted by molar-refractivity contribution is 5.51. The van der Waals surface area contributed by atoms with Crippen molar-refractivity contribution in [1.82, 2.24) is 0 Å². The number of halogens is 1. The van der Waals surface area contributed by atoms with Crippen LogP contribution in [-0.4, -0.2) is 5.11 Å². The maximum atomic E-state index is 13.0. The molecular formula is C15H16FNO. The minimum absolute atomic E-state index is 0.239. The van der Waals surface area contributed by atoms with Gasteiger partial charge in [0.25, 0.3) is 0 Å². The summed E-state index contributed by atoms with van der Waals surface area (Å²) in [7, 11) is 0. The molecule has 18 heavy (non-hydrogen) atoms. The fourth-order valence-corrected chi connectivity index (χ4v) is 1.87. The minimum atomic E-state index is -0.239. The van der Waals surface area contributed by atoms with E-state index in [-0.39, 0.29) is 11.6 Å². The summed E-state index contributed by atoms with van der Waals surface area (Å²) in [5.41, 5.74) is 3.65. The third kappa shape index (κ3) is 2.80. The lowest BCUT2D eigenvalue weighted by molar-refractivity contribution is 0.469. The number of phenols is 1. The van der Waals surface area contributed by atoms with Crippen molar-refractivity contribution in [1.29, 1.82) is 0 Å². The molecule has 0 radical (unpaired) electrons. The van der Waals surface area contributed by atoms with Crippen LogP contribution < -0.4 is 5.32 Å². The standard InChI is InChI=1S/C15H16FNO/c1-10-3-6-15(18)12(7-10)9-17-14-5-4-13(16)8-11(14)2/h3-8,17-18H,9H2,1-2H3. The molecule has 0 aliphatic carbocycles. The Hall–Kier alpha value is -2.03. The predicted octanol–water partition coefficient (Wildman–Crippen LogP) is 3.76. The summed E-state index contributed by atoms with van der Waals surface area (Å²) in [6.45, 7) is 4.34. The minimum Gasteiger partial charge on any atom is -0.508 e. The van der Waals surface area contributed by atoms with Crippen molar-refractivity contribution in [2.24, 2.45) is 0 Å². The van der Waals surface area contributed by atoms with Gasteiger partial charge in [0.1, 0.15) is 11.6 Å². The SMILES string of the molecule is Cc1ccc(O)c(CNc2ccc(F)cc2C)c1. The fourth-order valence-electron chi connectivity index (χ4n) is 1.87. The monoisotopic (exact) mass is 245 g/mol. The molecule has 0 aromatic heterocycles. The van der Waals surface area contributed by atoms with E-state index in [2.05, 4.69) is 5.32 Å². The number of nitrogens with one attached hydrogen (secondary N) is 1. The molecule has 3 heteroatoms. The van der Waals surface area contributed by atoms with Crippen LogP contribution in [0.4, 0.5) is 10.1 Å². The van der Waals surface area contributed by atoms with Crippen molar-refractivity contribution >= 4 is 5.69 Å². The van der Waals surface area contributed by atoms with E-state index in [1.54, 1.807) is 12.1 Å². The number of hydrogen-bond donors (Lipinski definition) is 2. The zero-order valence-corrected chi connectivity index (χ0v) is 10.5. The molecule has 94 valence electrons. The summed E-state index contributed by atoms with van der Waals surface area (Å²) in [5, 5.41) is 12.9. The van der Waals surface area contributed by atoms with Crippen LogP contribution in [0.25, 0.3) is 0 Å². The Morgan fingerprint density at radius 3 is 2.61 bits per heavy atom. The van der Waals surface area contributed by atoms with Crippen LogP contribution in [0, 0.1) is 19.7 Å². The molecule has 0 spiro atoms. The summed E-state index contributed by atoms with van der Waals surface area (Å²) in [5.74, 6) is 0.0318. The average molecular weight is 245 g/mol. The van der Waals surface area contributed by atoms with Gasteiger partial charge >= 0.3 is 0 Å². The first-order valence-corrected chi connectivity index (χ1v) is 5.85. The lowest BCUT2D eigenvalue weighted by Gasteiger charge is -2.11. The second kappa shape index (κ2) is 5.08. The van der Waals surface area contributed by atoms with Gasteiger partial charge in [-0.05, 0) is 43.7 Å². The summed E-state index contributed by atoms with van der Waals surface area (Å²) in [4.78, 5) is 0. The Morgan fingerprint density at radius 1 is 1.11 bits per heavy atom. The van der Waals surface area contributed by atoms with Crippen LogP contribution >= 0.6 is 0 Å². The quantitative estimate of drug-likeness (QED) is 0.863. The van der Waals surface area contributed by atoms with E-state index >= 15 is 0 Å². The number of hydrogen-bond acceptors (Lipinski definition) is 2. The van der Waals surface area contributed by atoms with E-state index in [1.165, 1.54) is 12.1 Å². The van der Waals surface area contributed by atoms with Crippen LogP contribution in [0.3, 0.4) is 0 Å². The van der Waals surface area contributed by atoms with E-state index in [1.807, 2.05) is 26.0 Å². The smallest absolute Gasteiger partial charge is 0.123 e. The molecule has 0 heterocycles. The van der Waals surface area contributed by atoms with Gasteiger partial charge < -0.3 is 10.4 Å². The summed E-state index contributed by atoms with van der Waals surface area (Å²) < 4.78 is 13.0. The van der Waals surface area contributed by atoms with Crippen LogP contribution in [0.15, 0.2) is 36.4 Å². The van der Waals surface area contributed by atoms with Gasteiger partial charge in [-0.15, -0.1) is 0 Å². The molecule has 0 bridgehead atoms. The largest absolute Gasteiger partial charge is 0.508 e. The second-order valence-electron chi connectivity index (χ2n) is 4.44. The summed E-state index contributed by atoms with van der Waals surface area (Å²) >= 11 is 0. The van der Waals surface area contributed by atoms with E-state index in [0.29, 0.717) is 6.54 Å². The van der Waals surface area contributed by atoms with Gasteiger partial charge in [0.05, 0.1) is 0 Å². The average Bonchev–Trinajstić information content (AvgIpc) is 2.32. The van der Waals surface area contributed by atoms with Crippen molar-refractivity contribution in [3.8, 4) is 5.75 Å². The molecule has 0 aliphatic rings. The van der Waals surface area contributed by atoms with Crippen LogP contribution in [0.5, 0.6) is 5.75 Å². The highest BCUT2D eigenvalue weighted by Gasteiger charge is 2.03. The fraction of sp³-hybridized carbons (Fsp3) is 0.200. The van der Waals surface area contributed by atoms with Gasteiger partial charge in [-0.2, -0.15) is 0 Å². The molecule has 0 aliphatic heterocycles. The maximum absolute atomic E-state index is 13.0. The third-order valence-corrected chi connectivity index (χ3v) is 2.89. The second-order valence-corrected chi connectivity index (χ2v) is 4.44. The predicted molar refractivity (Wildman–Crippen MR) is 71.3 cm³/mol. The van der Waals surface area contributed by atoms with Gasteiger partial charge in [0, 0.05) is 17.8 Å². The zero-order valence-electron chi connectivity index (χ0n) is 10.5. The van der Waals surface area contributed by atoms with Crippen molar-refractivity contribution < 1.29 is 9.50 Å². The highest BCUT2D eigenvalue weighted by atomic mass is 19.1. The number of aryl methyl sites for hydroxylation is 2. The number of phenolic OH excluding ortho intramolecular Hbond substituents is 1. The Morgan fingerprint density at radius 2 is 1.89 bits per heavy atom. The van der Waals surface area contributed by atoms with Crippen molar-refractivity contribution in [2.45, 2.75) is 20.4 Å². The molecule has 2 N–H and O–H groups in total. The van der Waals surface area contributed by atoms with Gasteiger partial charge in [0.15, 0.2) is 0 Å². The number of anilines is 1. The molecular weight excluding hydrogens is 229 g/mol. The van der Waals surface area contributed by atoms with Gasteiger partial charge in [-0.25, -0.2) is 4.39 Å². The molecule has 0 saturated heterocycles.